The monoisotopic (exact) mass is 302 g/mol. The fraction of sp³-hybridized carbons (Fsp3) is 0.273. The third-order valence-electron chi connectivity index (χ3n) is 2.39. The zero-order valence-corrected chi connectivity index (χ0v) is 10.6. The maximum Gasteiger partial charge on any atom is 0.433 e. The number of pyridine rings is 1. The van der Waals surface area contributed by atoms with Gasteiger partial charge in [0.05, 0.1) is 0 Å². The molecular weight excluding hydrogens is 293 g/mol. The molecule has 112 valence electrons. The number of nitrogens with two attached hydrogens (primary N) is 1. The van der Waals surface area contributed by atoms with Gasteiger partial charge in [-0.3, -0.25) is 4.98 Å². The van der Waals surface area contributed by atoms with Gasteiger partial charge in [0, 0.05) is 11.8 Å². The van der Waals surface area contributed by atoms with Crippen LogP contribution in [0.3, 0.4) is 0 Å². The summed E-state index contributed by atoms with van der Waals surface area (Å²) in [5.74, 6) is -0.174. The minimum atomic E-state index is -4.58. The molecule has 0 aliphatic heterocycles. The van der Waals surface area contributed by atoms with Crippen molar-refractivity contribution in [3.8, 4) is 11.4 Å². The van der Waals surface area contributed by atoms with Gasteiger partial charge in [0.1, 0.15) is 5.69 Å². The zero-order valence-electron chi connectivity index (χ0n) is 10.6. The molecule has 0 fully saturated rings. The molecule has 0 aliphatic carbocycles. The highest BCUT2D eigenvalue weighted by molar-refractivity contribution is 5.64. The lowest BCUT2D eigenvalue weighted by Crippen LogP contribution is -2.15. The van der Waals surface area contributed by atoms with Crippen LogP contribution in [-0.4, -0.2) is 21.2 Å². The van der Waals surface area contributed by atoms with Gasteiger partial charge in [0.15, 0.2) is 6.10 Å². The fourth-order valence-corrected chi connectivity index (χ4v) is 1.47. The third kappa shape index (κ3) is 3.46. The van der Waals surface area contributed by atoms with Crippen molar-refractivity contribution < 1.29 is 27.2 Å². The molecule has 0 radical (unpaired) electrons. The van der Waals surface area contributed by atoms with Crippen molar-refractivity contribution in [2.75, 3.05) is 0 Å². The number of primary amides is 1. The van der Waals surface area contributed by atoms with E-state index < -0.39 is 24.1 Å². The van der Waals surface area contributed by atoms with E-state index in [1.54, 1.807) is 0 Å². The first-order chi connectivity index (χ1) is 9.77. The van der Waals surface area contributed by atoms with Crippen molar-refractivity contribution in [2.45, 2.75) is 19.2 Å². The topological polar surface area (TPSA) is 104 Å². The standard InChI is InChI=1S/C11H9F3N4O3/c1-5(20-10(15)19)9-17-8(18-21-9)6-2-3-16-7(4-6)11(12,13)14/h2-5H,1H3,(H2,15,19). The Labute approximate surface area is 115 Å². The number of hydrogen-bond donors (Lipinski definition) is 1. The van der Waals surface area contributed by atoms with Crippen molar-refractivity contribution in [1.82, 2.24) is 15.1 Å². The smallest absolute Gasteiger partial charge is 0.433 e. The van der Waals surface area contributed by atoms with Gasteiger partial charge < -0.3 is 15.0 Å². The summed E-state index contributed by atoms with van der Waals surface area (Å²) in [6, 6.07) is 2.08. The van der Waals surface area contributed by atoms with Crippen LogP contribution in [0.2, 0.25) is 0 Å². The third-order valence-corrected chi connectivity index (χ3v) is 2.39. The van der Waals surface area contributed by atoms with Crippen LogP contribution in [-0.2, 0) is 10.9 Å². The van der Waals surface area contributed by atoms with E-state index in [4.69, 9.17) is 10.3 Å². The van der Waals surface area contributed by atoms with Gasteiger partial charge >= 0.3 is 12.3 Å². The molecule has 0 spiro atoms. The molecule has 21 heavy (non-hydrogen) atoms. The number of hydrogen-bond acceptors (Lipinski definition) is 6. The van der Waals surface area contributed by atoms with Gasteiger partial charge in [-0.1, -0.05) is 5.16 Å². The van der Waals surface area contributed by atoms with Gasteiger partial charge in [0.2, 0.25) is 5.82 Å². The molecular formula is C11H9F3N4O3. The Balaban J connectivity index is 2.28. The minimum absolute atomic E-state index is 0.0681. The molecule has 2 aromatic rings. The first kappa shape index (κ1) is 14.8. The van der Waals surface area contributed by atoms with E-state index in [1.165, 1.54) is 13.0 Å². The summed E-state index contributed by atoms with van der Waals surface area (Å²) >= 11 is 0. The average molecular weight is 302 g/mol. The summed E-state index contributed by atoms with van der Waals surface area (Å²) in [4.78, 5) is 17.7. The van der Waals surface area contributed by atoms with Crippen LogP contribution in [0.4, 0.5) is 18.0 Å². The molecule has 2 N–H and O–H groups in total. The van der Waals surface area contributed by atoms with E-state index in [-0.39, 0.29) is 17.3 Å². The Morgan fingerprint density at radius 3 is 2.81 bits per heavy atom. The Morgan fingerprint density at radius 2 is 2.19 bits per heavy atom. The number of alkyl halides is 3. The van der Waals surface area contributed by atoms with E-state index in [0.717, 1.165) is 12.3 Å². The van der Waals surface area contributed by atoms with Crippen LogP contribution in [0.1, 0.15) is 24.6 Å². The van der Waals surface area contributed by atoms with Crippen LogP contribution in [0.5, 0.6) is 0 Å². The summed E-state index contributed by atoms with van der Waals surface area (Å²) in [5, 5.41) is 3.52. The number of aromatic nitrogens is 3. The number of amides is 1. The van der Waals surface area contributed by atoms with E-state index in [9.17, 15) is 18.0 Å². The summed E-state index contributed by atoms with van der Waals surface area (Å²) in [5.41, 5.74) is 3.82. The predicted molar refractivity (Wildman–Crippen MR) is 61.6 cm³/mol. The van der Waals surface area contributed by atoms with Crippen LogP contribution in [0.25, 0.3) is 11.4 Å². The van der Waals surface area contributed by atoms with Crippen molar-refractivity contribution >= 4 is 6.09 Å². The van der Waals surface area contributed by atoms with Crippen LogP contribution in [0.15, 0.2) is 22.9 Å². The lowest BCUT2D eigenvalue weighted by Gasteiger charge is -2.05. The SMILES string of the molecule is CC(OC(N)=O)c1nc(-c2ccnc(C(F)(F)F)c2)no1. The maximum atomic E-state index is 12.6. The van der Waals surface area contributed by atoms with Gasteiger partial charge in [0.25, 0.3) is 5.89 Å². The number of carbonyl (C=O) groups excluding carboxylic acids is 1. The highest BCUT2D eigenvalue weighted by Crippen LogP contribution is 2.30. The van der Waals surface area contributed by atoms with Crippen LogP contribution >= 0.6 is 0 Å². The van der Waals surface area contributed by atoms with Gasteiger partial charge in [-0.2, -0.15) is 18.2 Å². The Hall–Kier alpha value is -2.65. The highest BCUT2D eigenvalue weighted by Gasteiger charge is 2.33. The molecule has 0 aromatic carbocycles. The van der Waals surface area contributed by atoms with Crippen LogP contribution in [0, 0.1) is 0 Å². The summed E-state index contributed by atoms with van der Waals surface area (Å²) in [6.45, 7) is 1.43. The predicted octanol–water partition coefficient (Wildman–Crippen LogP) is 2.31. The largest absolute Gasteiger partial charge is 0.437 e. The zero-order chi connectivity index (χ0) is 15.6. The van der Waals surface area contributed by atoms with E-state index in [1.807, 2.05) is 0 Å². The van der Waals surface area contributed by atoms with Crippen LogP contribution < -0.4 is 5.73 Å². The number of halogens is 3. The molecule has 1 amide bonds. The first-order valence-electron chi connectivity index (χ1n) is 5.60. The lowest BCUT2D eigenvalue weighted by molar-refractivity contribution is -0.141. The second kappa shape index (κ2) is 5.38. The van der Waals surface area contributed by atoms with Gasteiger partial charge in [-0.05, 0) is 19.1 Å². The molecule has 2 heterocycles. The molecule has 0 bridgehead atoms. The quantitative estimate of drug-likeness (QED) is 0.932. The van der Waals surface area contributed by atoms with Crippen molar-refractivity contribution in [3.63, 3.8) is 0 Å². The van der Waals surface area contributed by atoms with Crippen molar-refractivity contribution in [2.24, 2.45) is 5.73 Å². The summed E-state index contributed by atoms with van der Waals surface area (Å²) in [6.07, 6.45) is -5.54. The van der Waals surface area contributed by atoms with Gasteiger partial charge in [-0.25, -0.2) is 4.79 Å². The number of carbonyl (C=O) groups is 1. The van der Waals surface area contributed by atoms with Crippen molar-refractivity contribution in [1.29, 1.82) is 0 Å². The highest BCUT2D eigenvalue weighted by atomic mass is 19.4. The fourth-order valence-electron chi connectivity index (χ4n) is 1.47. The summed E-state index contributed by atoms with van der Waals surface area (Å²) in [7, 11) is 0. The molecule has 1 atom stereocenters. The molecule has 0 aliphatic rings. The Morgan fingerprint density at radius 1 is 1.48 bits per heavy atom. The van der Waals surface area contributed by atoms with Crippen molar-refractivity contribution in [3.05, 3.63) is 29.9 Å². The minimum Gasteiger partial charge on any atom is -0.437 e. The normalized spacial score (nSPS) is 13.0. The van der Waals surface area contributed by atoms with E-state index in [0.29, 0.717) is 0 Å². The average Bonchev–Trinajstić information content (AvgIpc) is 2.86. The maximum absolute atomic E-state index is 12.6. The molecule has 10 heteroatoms. The molecule has 7 nitrogen and oxygen atoms in total. The molecule has 0 saturated carbocycles. The number of rotatable bonds is 3. The Kier molecular flexibility index (Phi) is 3.78. The Bertz CT molecular complexity index is 656. The van der Waals surface area contributed by atoms with Gasteiger partial charge in [-0.15, -0.1) is 0 Å². The summed E-state index contributed by atoms with van der Waals surface area (Å²) < 4.78 is 47.1. The number of ether oxygens (including phenoxy) is 1. The molecule has 2 rings (SSSR count). The van der Waals surface area contributed by atoms with E-state index >= 15 is 0 Å². The van der Waals surface area contributed by atoms with E-state index in [2.05, 4.69) is 19.9 Å². The first-order valence-corrected chi connectivity index (χ1v) is 5.60. The number of nitrogens with zero attached hydrogens (tertiary/aromatic N) is 3. The molecule has 2 aromatic heterocycles. The lowest BCUT2D eigenvalue weighted by atomic mass is 10.2. The molecule has 1 unspecified atom stereocenters. The molecule has 0 saturated heterocycles. The second-order valence-corrected chi connectivity index (χ2v) is 3.96. The second-order valence-electron chi connectivity index (χ2n) is 3.96.